The molecule has 0 aliphatic carbocycles. The summed E-state index contributed by atoms with van der Waals surface area (Å²) in [5, 5.41) is 11.6. The number of rotatable bonds is 41. The molecule has 0 amide bonds. The number of esters is 2. The lowest BCUT2D eigenvalue weighted by molar-refractivity contribution is -0.889. The number of unbranched alkanes of at least 4 members (excludes halogenated alkanes) is 11. The summed E-state index contributed by atoms with van der Waals surface area (Å²) in [6, 6.07) is -0.744. The van der Waals surface area contributed by atoms with Gasteiger partial charge < -0.3 is 28.6 Å². The first-order valence-electron chi connectivity index (χ1n) is 23.8. The third kappa shape index (κ3) is 41.4. The van der Waals surface area contributed by atoms with Crippen molar-refractivity contribution in [3.63, 3.8) is 0 Å². The van der Waals surface area contributed by atoms with E-state index in [2.05, 4.69) is 111 Å². The number of hydrogen-bond acceptors (Lipinski definition) is 7. The maximum Gasteiger partial charge on any atom is 0.306 e. The van der Waals surface area contributed by atoms with Gasteiger partial charge in [-0.1, -0.05) is 156 Å². The molecule has 0 saturated heterocycles. The molecule has 0 aliphatic rings. The lowest BCUT2D eigenvalue weighted by atomic mass is 10.1. The maximum atomic E-state index is 12.7. The molecule has 0 saturated carbocycles. The van der Waals surface area contributed by atoms with Crippen LogP contribution in [0.2, 0.25) is 0 Å². The molecule has 0 radical (unpaired) electrons. The number of likely N-dealkylation sites (N-methyl/N-ethyl adjacent to an activating group) is 1. The predicted octanol–water partition coefficient (Wildman–Crippen LogP) is 12.1. The Hall–Kier alpha value is -3.75. The zero-order valence-corrected chi connectivity index (χ0v) is 39.3. The first kappa shape index (κ1) is 57.2. The van der Waals surface area contributed by atoms with Crippen molar-refractivity contribution in [1.29, 1.82) is 0 Å². The molecule has 0 rings (SSSR count). The molecule has 2 atom stereocenters. The van der Waals surface area contributed by atoms with E-state index < -0.39 is 18.1 Å². The fourth-order valence-corrected chi connectivity index (χ4v) is 6.29. The van der Waals surface area contributed by atoms with E-state index in [1.54, 1.807) is 21.1 Å². The Balaban J connectivity index is 4.45. The summed E-state index contributed by atoms with van der Waals surface area (Å²) in [4.78, 5) is 36.9. The van der Waals surface area contributed by atoms with Gasteiger partial charge in [0, 0.05) is 19.3 Å². The van der Waals surface area contributed by atoms with Crippen molar-refractivity contribution in [2.45, 2.75) is 180 Å². The van der Waals surface area contributed by atoms with E-state index in [4.69, 9.17) is 14.2 Å². The molecule has 0 aromatic heterocycles. The summed E-state index contributed by atoms with van der Waals surface area (Å²) in [6.45, 7) is 4.45. The molecular weight excluding hydrogens is 763 g/mol. The van der Waals surface area contributed by atoms with Crippen LogP contribution in [0.4, 0.5) is 0 Å². The minimum Gasteiger partial charge on any atom is -0.544 e. The zero-order chi connectivity index (χ0) is 44.9. The van der Waals surface area contributed by atoms with E-state index in [0.29, 0.717) is 12.8 Å². The van der Waals surface area contributed by atoms with E-state index in [1.165, 1.54) is 44.9 Å². The highest BCUT2D eigenvalue weighted by molar-refractivity contribution is 5.70. The average molecular weight is 850 g/mol. The fraction of sp³-hybridized carbons (Fsp3) is 0.642. The van der Waals surface area contributed by atoms with Crippen LogP contribution in [0.5, 0.6) is 0 Å². The predicted molar refractivity (Wildman–Crippen MR) is 254 cm³/mol. The summed E-state index contributed by atoms with van der Waals surface area (Å²) in [5.41, 5.74) is 0. The van der Waals surface area contributed by atoms with Crippen molar-refractivity contribution < 1.29 is 38.2 Å². The number of aliphatic carboxylic acids is 1. The van der Waals surface area contributed by atoms with Crippen molar-refractivity contribution in [2.24, 2.45) is 0 Å². The highest BCUT2D eigenvalue weighted by Crippen LogP contribution is 2.12. The third-order valence-electron chi connectivity index (χ3n) is 9.95. The first-order chi connectivity index (χ1) is 29.6. The van der Waals surface area contributed by atoms with Gasteiger partial charge in [0.25, 0.3) is 0 Å². The second kappa shape index (κ2) is 42.9. The van der Waals surface area contributed by atoms with Gasteiger partial charge in [0.2, 0.25) is 0 Å². The number of allylic oxidation sites excluding steroid dienone is 16. The average Bonchev–Trinajstić information content (AvgIpc) is 3.22. The number of hydrogen-bond donors (Lipinski definition) is 0. The topological polar surface area (TPSA) is 102 Å². The zero-order valence-electron chi connectivity index (χ0n) is 39.3. The number of carboxylic acid groups (broad SMARTS) is 1. The highest BCUT2D eigenvalue weighted by atomic mass is 16.6. The standard InChI is InChI=1S/C53H87NO7/c1-6-8-10-12-14-16-18-20-22-23-24-25-26-27-28-29-30-32-34-36-38-40-42-44-52(56)61-49(47-59-46-45-50(53(57)58)54(3,4)5)48-60-51(55)43-41-39-37-35-33-31-21-19-17-15-13-11-9-7-2/h8,10,14,16,20,22,24-25,27-28,30-33,36,38,49-50H,6-7,9,11-13,15,17-19,21,23,26,29,34-35,37,39-48H2,1-5H3/b10-8+,16-14+,22-20+,25-24+,28-27+,32-30+,33-31+,38-36+. The summed E-state index contributed by atoms with van der Waals surface area (Å²) < 4.78 is 17.1. The Morgan fingerprint density at radius 1 is 0.508 bits per heavy atom. The largest absolute Gasteiger partial charge is 0.544 e. The van der Waals surface area contributed by atoms with Crippen LogP contribution in [-0.2, 0) is 28.6 Å². The van der Waals surface area contributed by atoms with Gasteiger partial charge in [0.15, 0.2) is 6.10 Å². The lowest BCUT2D eigenvalue weighted by Crippen LogP contribution is -2.55. The second-order valence-corrected chi connectivity index (χ2v) is 16.6. The van der Waals surface area contributed by atoms with Gasteiger partial charge in [-0.3, -0.25) is 9.59 Å². The third-order valence-corrected chi connectivity index (χ3v) is 9.95. The minimum absolute atomic E-state index is 0.00693. The monoisotopic (exact) mass is 850 g/mol. The maximum absolute atomic E-state index is 12.7. The van der Waals surface area contributed by atoms with Crippen LogP contribution >= 0.6 is 0 Å². The molecule has 0 spiro atoms. The summed E-state index contributed by atoms with van der Waals surface area (Å²) in [6.07, 6.45) is 57.3. The molecule has 0 heterocycles. The number of carbonyl (C=O) groups is 3. The van der Waals surface area contributed by atoms with Gasteiger partial charge in [0.1, 0.15) is 12.6 Å². The SMILES string of the molecule is CC/C=C/C/C=C/C/C=C/C/C=C/C/C=C/C/C=C/C/C=C/CCCC(=O)OC(COCCC(C(=O)[O-])[N+](C)(C)C)COC(=O)CCCCC/C=C/CCCCCCCCC. The first-order valence-corrected chi connectivity index (χ1v) is 23.8. The smallest absolute Gasteiger partial charge is 0.306 e. The van der Waals surface area contributed by atoms with Gasteiger partial charge >= 0.3 is 11.9 Å². The van der Waals surface area contributed by atoms with Crippen LogP contribution in [0.3, 0.4) is 0 Å². The number of carboxylic acids is 1. The van der Waals surface area contributed by atoms with Crippen LogP contribution in [0.1, 0.15) is 168 Å². The number of nitrogens with zero attached hydrogens (tertiary/aromatic N) is 1. The molecular formula is C53H87NO7. The van der Waals surface area contributed by atoms with Crippen LogP contribution in [0, 0.1) is 0 Å². The molecule has 8 heteroatoms. The number of carbonyl (C=O) groups excluding carboxylic acids is 3. The Morgan fingerprint density at radius 2 is 0.934 bits per heavy atom. The van der Waals surface area contributed by atoms with E-state index >= 15 is 0 Å². The molecule has 8 nitrogen and oxygen atoms in total. The number of quaternary nitrogens is 1. The molecule has 0 bridgehead atoms. The van der Waals surface area contributed by atoms with E-state index in [0.717, 1.165) is 83.5 Å². The molecule has 0 aromatic rings. The molecule has 0 fully saturated rings. The molecule has 0 aromatic carbocycles. The van der Waals surface area contributed by atoms with E-state index in [1.807, 2.05) is 0 Å². The molecule has 2 unspecified atom stereocenters. The lowest BCUT2D eigenvalue weighted by Gasteiger charge is -2.34. The Morgan fingerprint density at radius 3 is 1.43 bits per heavy atom. The molecule has 0 aliphatic heterocycles. The van der Waals surface area contributed by atoms with Crippen LogP contribution in [0.15, 0.2) is 97.2 Å². The van der Waals surface area contributed by atoms with Crippen molar-refractivity contribution in [2.75, 3.05) is 41.0 Å². The highest BCUT2D eigenvalue weighted by Gasteiger charge is 2.25. The summed E-state index contributed by atoms with van der Waals surface area (Å²) in [5.74, 6) is -1.84. The van der Waals surface area contributed by atoms with Crippen LogP contribution in [0.25, 0.3) is 0 Å². The Bertz CT molecular complexity index is 1310. The van der Waals surface area contributed by atoms with Crippen LogP contribution < -0.4 is 5.11 Å². The van der Waals surface area contributed by atoms with Gasteiger partial charge in [-0.2, -0.15) is 0 Å². The van der Waals surface area contributed by atoms with Gasteiger partial charge in [-0.05, 0) is 89.9 Å². The van der Waals surface area contributed by atoms with Crippen molar-refractivity contribution in [3.05, 3.63) is 97.2 Å². The van der Waals surface area contributed by atoms with E-state index in [-0.39, 0.29) is 49.1 Å². The van der Waals surface area contributed by atoms with Crippen molar-refractivity contribution >= 4 is 17.9 Å². The minimum atomic E-state index is -1.14. The summed E-state index contributed by atoms with van der Waals surface area (Å²) >= 11 is 0. The van der Waals surface area contributed by atoms with Crippen molar-refractivity contribution in [1.82, 2.24) is 0 Å². The molecule has 0 N–H and O–H groups in total. The van der Waals surface area contributed by atoms with Gasteiger partial charge in [-0.25, -0.2) is 0 Å². The molecule has 61 heavy (non-hydrogen) atoms. The fourth-order valence-electron chi connectivity index (χ4n) is 6.29. The Kier molecular flexibility index (Phi) is 40.3. The Labute approximate surface area is 373 Å². The quantitative estimate of drug-likeness (QED) is 0.0261. The van der Waals surface area contributed by atoms with Crippen LogP contribution in [-0.4, -0.2) is 75.5 Å². The number of ether oxygens (including phenoxy) is 3. The molecule has 346 valence electrons. The second-order valence-electron chi connectivity index (χ2n) is 16.6. The van der Waals surface area contributed by atoms with E-state index in [9.17, 15) is 19.5 Å². The van der Waals surface area contributed by atoms with Crippen molar-refractivity contribution in [3.8, 4) is 0 Å². The summed E-state index contributed by atoms with van der Waals surface area (Å²) in [7, 11) is 5.37. The normalized spacial score (nSPS) is 13.8. The van der Waals surface area contributed by atoms with Gasteiger partial charge in [-0.15, -0.1) is 0 Å². The van der Waals surface area contributed by atoms with Gasteiger partial charge in [0.05, 0.1) is 40.3 Å².